The average Bonchev–Trinajstić information content (AvgIpc) is 2.04. The third-order valence-electron chi connectivity index (χ3n) is 0.959. The number of hydrogen-bond acceptors (Lipinski definition) is 2. The van der Waals surface area contributed by atoms with E-state index in [9.17, 15) is 0 Å². The van der Waals surface area contributed by atoms with Gasteiger partial charge in [0.05, 0.1) is 6.61 Å². The van der Waals surface area contributed by atoms with Crippen molar-refractivity contribution in [2.75, 3.05) is 19.8 Å². The second kappa shape index (κ2) is 16.3. The van der Waals surface area contributed by atoms with E-state index in [1.54, 1.807) is 0 Å². The van der Waals surface area contributed by atoms with Gasteiger partial charge in [-0.05, 0) is 13.3 Å². The molecule has 0 aromatic heterocycles. The summed E-state index contributed by atoms with van der Waals surface area (Å²) in [6.45, 7) is 9.74. The minimum Gasteiger partial charge on any atom is -0.380 e. The third-order valence-corrected chi connectivity index (χ3v) is 0.959. The second-order valence-corrected chi connectivity index (χ2v) is 2.06. The summed E-state index contributed by atoms with van der Waals surface area (Å²) in [5.74, 6) is 0. The van der Waals surface area contributed by atoms with Crippen molar-refractivity contribution >= 4 is 0 Å². The summed E-state index contributed by atoms with van der Waals surface area (Å²) in [5.41, 5.74) is 5.09. The minimum absolute atomic E-state index is 0.633. The van der Waals surface area contributed by atoms with Crippen molar-refractivity contribution in [3.8, 4) is 0 Å². The van der Waals surface area contributed by atoms with Gasteiger partial charge in [-0.25, -0.2) is 0 Å². The molecule has 0 fully saturated rings. The molecule has 0 atom stereocenters. The highest BCUT2D eigenvalue weighted by atomic mass is 16.5. The van der Waals surface area contributed by atoms with Crippen molar-refractivity contribution in [3.05, 3.63) is 12.7 Å². The zero-order valence-electron chi connectivity index (χ0n) is 7.81. The lowest BCUT2D eigenvalue weighted by atomic mass is 10.3. The molecule has 0 aliphatic rings. The Bertz CT molecular complexity index is 60.6. The van der Waals surface area contributed by atoms with E-state index in [0.717, 1.165) is 13.0 Å². The summed E-state index contributed by atoms with van der Waals surface area (Å²) in [5, 5.41) is 0. The Labute approximate surface area is 70.4 Å². The molecule has 0 spiro atoms. The van der Waals surface area contributed by atoms with Gasteiger partial charge < -0.3 is 10.5 Å². The largest absolute Gasteiger partial charge is 0.380 e. The number of nitrogens with two attached hydrogens (primary N) is 1. The van der Waals surface area contributed by atoms with Crippen molar-refractivity contribution in [1.82, 2.24) is 0 Å². The van der Waals surface area contributed by atoms with E-state index in [0.29, 0.717) is 13.2 Å². The molecule has 2 nitrogen and oxygen atoms in total. The van der Waals surface area contributed by atoms with E-state index in [-0.39, 0.29) is 0 Å². The first-order chi connectivity index (χ1) is 5.33. The summed E-state index contributed by atoms with van der Waals surface area (Å²) in [7, 11) is 0. The predicted molar refractivity (Wildman–Crippen MR) is 50.7 cm³/mol. The zero-order chi connectivity index (χ0) is 8.95. The van der Waals surface area contributed by atoms with Crippen molar-refractivity contribution in [1.29, 1.82) is 0 Å². The molecule has 0 saturated carbocycles. The quantitative estimate of drug-likeness (QED) is 0.491. The molecule has 2 N–H and O–H groups in total. The SMILES string of the molecule is C=CCCC.CCOCCN. The normalized spacial score (nSPS) is 8.27. The van der Waals surface area contributed by atoms with Crippen LogP contribution in [-0.4, -0.2) is 19.8 Å². The fourth-order valence-electron chi connectivity index (χ4n) is 0.432. The second-order valence-electron chi connectivity index (χ2n) is 2.06. The topological polar surface area (TPSA) is 35.2 Å². The smallest absolute Gasteiger partial charge is 0.0588 e. The zero-order valence-corrected chi connectivity index (χ0v) is 7.81. The standard InChI is InChI=1S/C5H10.C4H11NO/c1-3-5-4-2;1-2-6-4-3-5/h3H,1,4-5H2,2H3;2-5H2,1H3. The van der Waals surface area contributed by atoms with Crippen LogP contribution in [0.4, 0.5) is 0 Å². The van der Waals surface area contributed by atoms with E-state index in [1.165, 1.54) is 6.42 Å². The molecule has 0 heterocycles. The first kappa shape index (κ1) is 13.3. The molecular formula is C9H21NO. The number of allylic oxidation sites excluding steroid dienone is 1. The molecule has 0 rings (SSSR count). The van der Waals surface area contributed by atoms with Gasteiger partial charge in [0.1, 0.15) is 0 Å². The highest BCUT2D eigenvalue weighted by molar-refractivity contribution is 4.63. The van der Waals surface area contributed by atoms with Crippen LogP contribution in [0.15, 0.2) is 12.7 Å². The van der Waals surface area contributed by atoms with Crippen LogP contribution < -0.4 is 5.73 Å². The molecule has 0 radical (unpaired) electrons. The fraction of sp³-hybridized carbons (Fsp3) is 0.778. The van der Waals surface area contributed by atoms with Gasteiger partial charge in [-0.2, -0.15) is 0 Å². The lowest BCUT2D eigenvalue weighted by Gasteiger charge is -1.91. The van der Waals surface area contributed by atoms with Crippen LogP contribution in [0, 0.1) is 0 Å². The maximum absolute atomic E-state index is 5.09. The van der Waals surface area contributed by atoms with Crippen molar-refractivity contribution in [3.63, 3.8) is 0 Å². The van der Waals surface area contributed by atoms with Gasteiger partial charge in [-0.3, -0.25) is 0 Å². The summed E-state index contributed by atoms with van der Waals surface area (Å²) in [6, 6.07) is 0. The van der Waals surface area contributed by atoms with Gasteiger partial charge in [0.15, 0.2) is 0 Å². The molecule has 0 aliphatic carbocycles. The Hall–Kier alpha value is -0.340. The van der Waals surface area contributed by atoms with Crippen LogP contribution in [0.2, 0.25) is 0 Å². The van der Waals surface area contributed by atoms with Crippen molar-refractivity contribution in [2.45, 2.75) is 26.7 Å². The molecule has 0 aliphatic heterocycles. The van der Waals surface area contributed by atoms with E-state index >= 15 is 0 Å². The summed E-state index contributed by atoms with van der Waals surface area (Å²) in [6.07, 6.45) is 4.31. The summed E-state index contributed by atoms with van der Waals surface area (Å²) >= 11 is 0. The van der Waals surface area contributed by atoms with Gasteiger partial charge in [-0.15, -0.1) is 6.58 Å². The molecule has 0 aromatic carbocycles. The van der Waals surface area contributed by atoms with E-state index < -0.39 is 0 Å². The molecule has 2 heteroatoms. The minimum atomic E-state index is 0.633. The molecule has 68 valence electrons. The predicted octanol–water partition coefficient (Wildman–Crippen LogP) is 1.95. The van der Waals surface area contributed by atoms with E-state index in [1.807, 2.05) is 13.0 Å². The summed E-state index contributed by atoms with van der Waals surface area (Å²) < 4.78 is 4.86. The molecular weight excluding hydrogens is 138 g/mol. The van der Waals surface area contributed by atoms with Crippen LogP contribution in [0.3, 0.4) is 0 Å². The number of ether oxygens (including phenoxy) is 1. The number of hydrogen-bond donors (Lipinski definition) is 1. The maximum atomic E-state index is 5.09. The molecule has 0 aromatic rings. The lowest BCUT2D eigenvalue weighted by Crippen LogP contribution is -2.07. The molecule has 0 saturated heterocycles. The Morgan fingerprint density at radius 3 is 2.18 bits per heavy atom. The van der Waals surface area contributed by atoms with Gasteiger partial charge in [-0.1, -0.05) is 19.4 Å². The van der Waals surface area contributed by atoms with Gasteiger partial charge in [0.25, 0.3) is 0 Å². The number of unbranched alkanes of at least 4 members (excludes halogenated alkanes) is 1. The Balaban J connectivity index is 0. The monoisotopic (exact) mass is 159 g/mol. The van der Waals surface area contributed by atoms with E-state index in [4.69, 9.17) is 10.5 Å². The number of rotatable bonds is 5. The highest BCUT2D eigenvalue weighted by Crippen LogP contribution is 1.82. The molecule has 0 bridgehead atoms. The highest BCUT2D eigenvalue weighted by Gasteiger charge is 1.72. The first-order valence-corrected chi connectivity index (χ1v) is 4.22. The van der Waals surface area contributed by atoms with Crippen LogP contribution in [0.5, 0.6) is 0 Å². The molecule has 11 heavy (non-hydrogen) atoms. The first-order valence-electron chi connectivity index (χ1n) is 4.22. The van der Waals surface area contributed by atoms with E-state index in [2.05, 4.69) is 13.5 Å². The van der Waals surface area contributed by atoms with Gasteiger partial charge in [0, 0.05) is 13.2 Å². The average molecular weight is 159 g/mol. The van der Waals surface area contributed by atoms with Gasteiger partial charge >= 0.3 is 0 Å². The van der Waals surface area contributed by atoms with Gasteiger partial charge in [0.2, 0.25) is 0 Å². The van der Waals surface area contributed by atoms with Crippen LogP contribution >= 0.6 is 0 Å². The Kier molecular flexibility index (Phi) is 19.7. The van der Waals surface area contributed by atoms with Crippen molar-refractivity contribution in [2.24, 2.45) is 5.73 Å². The van der Waals surface area contributed by atoms with Crippen molar-refractivity contribution < 1.29 is 4.74 Å². The maximum Gasteiger partial charge on any atom is 0.0588 e. The molecule has 0 amide bonds. The lowest BCUT2D eigenvalue weighted by molar-refractivity contribution is 0.155. The fourth-order valence-corrected chi connectivity index (χ4v) is 0.432. The van der Waals surface area contributed by atoms with Crippen LogP contribution in [-0.2, 0) is 4.74 Å². The van der Waals surface area contributed by atoms with Crippen LogP contribution in [0.25, 0.3) is 0 Å². The van der Waals surface area contributed by atoms with Crippen LogP contribution in [0.1, 0.15) is 26.7 Å². The Morgan fingerprint density at radius 1 is 1.45 bits per heavy atom. The molecule has 0 unspecified atom stereocenters. The Morgan fingerprint density at radius 2 is 2.09 bits per heavy atom. The summed E-state index contributed by atoms with van der Waals surface area (Å²) in [4.78, 5) is 0. The third kappa shape index (κ3) is 26.1.